The van der Waals surface area contributed by atoms with Crippen LogP contribution in [0.5, 0.6) is 0 Å². The highest BCUT2D eigenvalue weighted by molar-refractivity contribution is 5.94. The van der Waals surface area contributed by atoms with Crippen LogP contribution in [0.2, 0.25) is 0 Å². The predicted octanol–water partition coefficient (Wildman–Crippen LogP) is 2.68. The molecule has 8 heteroatoms. The van der Waals surface area contributed by atoms with E-state index in [1.165, 1.54) is 38.5 Å². The molecule has 2 amide bonds. The van der Waals surface area contributed by atoms with E-state index in [2.05, 4.69) is 15.4 Å². The number of nitrogens with one attached hydrogen (secondary N) is 2. The molecule has 0 atom stereocenters. The number of ether oxygens (including phenoxy) is 2. The van der Waals surface area contributed by atoms with Crippen molar-refractivity contribution in [1.29, 1.82) is 0 Å². The number of carbonyl (C=O) groups excluding carboxylic acids is 4. The second-order valence-electron chi connectivity index (χ2n) is 9.65. The van der Waals surface area contributed by atoms with Crippen LogP contribution in [0.1, 0.15) is 55.3 Å². The lowest BCUT2D eigenvalue weighted by molar-refractivity contribution is -0.147. The third kappa shape index (κ3) is 5.29. The van der Waals surface area contributed by atoms with Crippen molar-refractivity contribution in [2.24, 2.45) is 23.2 Å². The molecule has 2 N–H and O–H groups in total. The average Bonchev–Trinajstić information content (AvgIpc) is 2.75. The summed E-state index contributed by atoms with van der Waals surface area (Å²) in [7, 11) is 1.29. The van der Waals surface area contributed by atoms with E-state index in [1.807, 2.05) is 0 Å². The minimum atomic E-state index is -0.653. The van der Waals surface area contributed by atoms with E-state index in [4.69, 9.17) is 4.74 Å². The fourth-order valence-electron chi connectivity index (χ4n) is 6.28. The largest absolute Gasteiger partial charge is 0.465 e. The third-order valence-electron chi connectivity index (χ3n) is 7.08. The van der Waals surface area contributed by atoms with Crippen molar-refractivity contribution >= 4 is 29.4 Å². The van der Waals surface area contributed by atoms with Gasteiger partial charge in [-0.05, 0) is 86.0 Å². The number of anilines is 1. The molecule has 0 aromatic heterocycles. The zero-order chi connectivity index (χ0) is 22.7. The first-order valence-corrected chi connectivity index (χ1v) is 11.2. The van der Waals surface area contributed by atoms with Crippen LogP contribution < -0.4 is 10.6 Å². The molecule has 0 heterocycles. The number of benzene rings is 1. The van der Waals surface area contributed by atoms with Crippen molar-refractivity contribution in [3.05, 3.63) is 29.8 Å². The number of methoxy groups -OCH3 is 1. The Kier molecular flexibility index (Phi) is 6.48. The van der Waals surface area contributed by atoms with Gasteiger partial charge in [0.25, 0.3) is 5.91 Å². The van der Waals surface area contributed by atoms with Crippen LogP contribution in [0.15, 0.2) is 24.3 Å². The number of hydrogen-bond acceptors (Lipinski definition) is 6. The second kappa shape index (κ2) is 9.30. The van der Waals surface area contributed by atoms with Crippen LogP contribution in [-0.4, -0.2) is 44.0 Å². The van der Waals surface area contributed by atoms with Gasteiger partial charge >= 0.3 is 11.9 Å². The van der Waals surface area contributed by atoms with Crippen LogP contribution in [0.3, 0.4) is 0 Å². The molecular formula is C24H30N2O6. The van der Waals surface area contributed by atoms with Crippen LogP contribution in [0.25, 0.3) is 0 Å². The Morgan fingerprint density at radius 2 is 1.53 bits per heavy atom. The summed E-state index contributed by atoms with van der Waals surface area (Å²) in [4.78, 5) is 47.8. The van der Waals surface area contributed by atoms with Gasteiger partial charge in [-0.25, -0.2) is 4.79 Å². The van der Waals surface area contributed by atoms with Gasteiger partial charge in [-0.15, -0.1) is 0 Å². The zero-order valence-corrected chi connectivity index (χ0v) is 18.4. The van der Waals surface area contributed by atoms with E-state index in [0.29, 0.717) is 17.7 Å². The van der Waals surface area contributed by atoms with E-state index >= 15 is 0 Å². The summed E-state index contributed by atoms with van der Waals surface area (Å²) < 4.78 is 9.58. The lowest BCUT2D eigenvalue weighted by Crippen LogP contribution is -2.48. The lowest BCUT2D eigenvalue weighted by Gasteiger charge is -2.56. The molecule has 4 aliphatic carbocycles. The minimum absolute atomic E-state index is 0.112. The molecule has 32 heavy (non-hydrogen) atoms. The molecule has 4 saturated carbocycles. The number of hydrogen-bond donors (Lipinski definition) is 2. The Labute approximate surface area is 187 Å². The Bertz CT molecular complexity index is 859. The molecule has 4 bridgehead atoms. The standard InChI is InChI=1S/C24H30N2O6/c1-31-23(30)18-2-4-19(5-3-18)26-21(28)14-32-22(29)13-25-20(27)12-24-9-15-6-16(10-24)8-17(7-15)11-24/h2-5,15-17H,6-14H2,1H3,(H,25,27)(H,26,28). The van der Waals surface area contributed by atoms with Crippen molar-refractivity contribution in [2.75, 3.05) is 25.6 Å². The van der Waals surface area contributed by atoms with Gasteiger partial charge in [-0.3, -0.25) is 14.4 Å². The lowest BCUT2D eigenvalue weighted by atomic mass is 9.49. The Balaban J connectivity index is 1.15. The summed E-state index contributed by atoms with van der Waals surface area (Å²) in [6.45, 7) is -0.700. The highest BCUT2D eigenvalue weighted by Crippen LogP contribution is 2.61. The number of amides is 2. The van der Waals surface area contributed by atoms with Gasteiger partial charge in [0.15, 0.2) is 6.61 Å². The van der Waals surface area contributed by atoms with Gasteiger partial charge in [0.1, 0.15) is 6.54 Å². The molecule has 1 aromatic rings. The smallest absolute Gasteiger partial charge is 0.337 e. The van der Waals surface area contributed by atoms with E-state index in [9.17, 15) is 19.2 Å². The molecule has 0 unspecified atom stereocenters. The molecule has 0 spiro atoms. The first-order valence-electron chi connectivity index (χ1n) is 11.2. The van der Waals surface area contributed by atoms with Gasteiger partial charge < -0.3 is 20.1 Å². The Morgan fingerprint density at radius 3 is 2.09 bits per heavy atom. The third-order valence-corrected chi connectivity index (χ3v) is 7.08. The van der Waals surface area contributed by atoms with Crippen molar-refractivity contribution in [3.8, 4) is 0 Å². The number of rotatable bonds is 8. The van der Waals surface area contributed by atoms with Gasteiger partial charge in [0.05, 0.1) is 12.7 Å². The average molecular weight is 443 g/mol. The maximum absolute atomic E-state index is 12.5. The van der Waals surface area contributed by atoms with Gasteiger partial charge in [-0.1, -0.05) is 0 Å². The molecule has 0 radical (unpaired) electrons. The second-order valence-corrected chi connectivity index (χ2v) is 9.65. The molecule has 4 aliphatic rings. The number of esters is 2. The molecule has 1 aromatic carbocycles. The minimum Gasteiger partial charge on any atom is -0.465 e. The molecule has 172 valence electrons. The summed E-state index contributed by atoms with van der Waals surface area (Å²) in [5.74, 6) is 0.572. The predicted molar refractivity (Wildman–Crippen MR) is 116 cm³/mol. The molecule has 0 saturated heterocycles. The summed E-state index contributed by atoms with van der Waals surface area (Å²) >= 11 is 0. The first-order chi connectivity index (χ1) is 15.3. The van der Waals surface area contributed by atoms with E-state index in [1.54, 1.807) is 12.1 Å². The highest BCUT2D eigenvalue weighted by atomic mass is 16.5. The monoisotopic (exact) mass is 442 g/mol. The topological polar surface area (TPSA) is 111 Å². The van der Waals surface area contributed by atoms with Gasteiger partial charge in [-0.2, -0.15) is 0 Å². The van der Waals surface area contributed by atoms with Crippen LogP contribution in [0, 0.1) is 23.2 Å². The fourth-order valence-corrected chi connectivity index (χ4v) is 6.28. The molecule has 8 nitrogen and oxygen atoms in total. The Hall–Kier alpha value is -2.90. The maximum Gasteiger partial charge on any atom is 0.337 e. The summed E-state index contributed by atoms with van der Waals surface area (Å²) in [5.41, 5.74) is 0.940. The quantitative estimate of drug-likeness (QED) is 0.599. The van der Waals surface area contributed by atoms with Gasteiger partial charge in [0, 0.05) is 12.1 Å². The summed E-state index contributed by atoms with van der Waals surface area (Å²) in [6.07, 6.45) is 7.86. The van der Waals surface area contributed by atoms with E-state index in [-0.39, 0.29) is 17.9 Å². The highest BCUT2D eigenvalue weighted by Gasteiger charge is 2.51. The maximum atomic E-state index is 12.5. The molecular weight excluding hydrogens is 412 g/mol. The van der Waals surface area contributed by atoms with Crippen LogP contribution in [-0.2, 0) is 23.9 Å². The first kappa shape index (κ1) is 22.3. The molecule has 0 aliphatic heterocycles. The van der Waals surface area contributed by atoms with Crippen LogP contribution in [0.4, 0.5) is 5.69 Å². The summed E-state index contributed by atoms with van der Waals surface area (Å²) in [5, 5.41) is 5.24. The number of carbonyl (C=O) groups is 4. The fraction of sp³-hybridized carbons (Fsp3) is 0.583. The normalized spacial score (nSPS) is 27.5. The SMILES string of the molecule is COC(=O)c1ccc(NC(=O)COC(=O)CNC(=O)CC23CC4CC(CC(C4)C2)C3)cc1. The van der Waals surface area contributed by atoms with Crippen molar-refractivity contribution in [2.45, 2.75) is 44.9 Å². The van der Waals surface area contributed by atoms with Crippen molar-refractivity contribution in [1.82, 2.24) is 5.32 Å². The van der Waals surface area contributed by atoms with Crippen LogP contribution >= 0.6 is 0 Å². The van der Waals surface area contributed by atoms with Gasteiger partial charge in [0.2, 0.25) is 5.91 Å². The Morgan fingerprint density at radius 1 is 0.938 bits per heavy atom. The summed E-state index contributed by atoms with van der Waals surface area (Å²) in [6, 6.07) is 6.15. The van der Waals surface area contributed by atoms with Crippen molar-refractivity contribution < 1.29 is 28.7 Å². The van der Waals surface area contributed by atoms with E-state index < -0.39 is 24.5 Å². The van der Waals surface area contributed by atoms with E-state index in [0.717, 1.165) is 37.0 Å². The zero-order valence-electron chi connectivity index (χ0n) is 18.4. The molecule has 4 fully saturated rings. The molecule has 5 rings (SSSR count). The van der Waals surface area contributed by atoms with Crippen molar-refractivity contribution in [3.63, 3.8) is 0 Å².